The first-order chi connectivity index (χ1) is 5.83. The van der Waals surface area contributed by atoms with Gasteiger partial charge in [-0.15, -0.1) is 46.6 Å². The van der Waals surface area contributed by atoms with Gasteiger partial charge >= 0.3 is 0 Å². The number of hydrogen-bond acceptors (Lipinski definition) is 11. The van der Waals surface area contributed by atoms with E-state index in [1.807, 2.05) is 0 Å². The fourth-order valence-electron chi connectivity index (χ4n) is 0.138. The summed E-state index contributed by atoms with van der Waals surface area (Å²) in [6, 6.07) is 0. The van der Waals surface area contributed by atoms with Crippen LogP contribution in [0.5, 0.6) is 0 Å². The minimum absolute atomic E-state index is 1.24. The van der Waals surface area contributed by atoms with E-state index in [-0.39, 0.29) is 0 Å². The van der Waals surface area contributed by atoms with Gasteiger partial charge in [-0.2, -0.15) is 0 Å². The van der Waals surface area contributed by atoms with E-state index in [0.717, 1.165) is 0 Å². The van der Waals surface area contributed by atoms with Crippen molar-refractivity contribution in [1.82, 2.24) is 0 Å². The summed E-state index contributed by atoms with van der Waals surface area (Å²) in [5, 5.41) is 0. The van der Waals surface area contributed by atoms with Gasteiger partial charge in [0.15, 0.2) is 0 Å². The van der Waals surface area contributed by atoms with Crippen LogP contribution in [0.25, 0.3) is 0 Å². The highest BCUT2D eigenvalue weighted by atomic mass is 34.6. The Bertz CT molecular complexity index is 299. The number of hydrogen-bond donors (Lipinski definition) is 6. The molecule has 0 bridgehead atoms. The first-order valence-electron chi connectivity index (χ1n) is 2.53. The fourth-order valence-corrected chi connectivity index (χ4v) is 26.7. The van der Waals surface area contributed by atoms with Crippen LogP contribution in [0, 0.1) is 4.78 Å². The molecule has 0 saturated carbocycles. The van der Waals surface area contributed by atoms with Crippen molar-refractivity contribution in [2.45, 2.75) is 0 Å². The van der Waals surface area contributed by atoms with Crippen LogP contribution in [-0.4, -0.2) is 6.26 Å². The van der Waals surface area contributed by atoms with E-state index in [4.69, 9.17) is 16.0 Å². The molecular formula is CH9NS12. The SMILES string of the molecule is CS(=N)(=S)S(S)(S)(S)(S)SSSSS. The first-order valence-corrected chi connectivity index (χ1v) is 19.1. The van der Waals surface area contributed by atoms with Crippen LogP contribution in [0.4, 0.5) is 0 Å². The largest absolute Gasteiger partial charge is 0.266 e. The maximum Gasteiger partial charge on any atom is 0.00590 e. The van der Waals surface area contributed by atoms with Crippen molar-refractivity contribution in [3.63, 3.8) is 0 Å². The van der Waals surface area contributed by atoms with E-state index in [1.165, 1.54) is 39.3 Å². The molecule has 13 heteroatoms. The van der Waals surface area contributed by atoms with Crippen molar-refractivity contribution in [3.05, 3.63) is 0 Å². The molecule has 0 spiro atoms. The summed E-state index contributed by atoms with van der Waals surface area (Å²) in [6.07, 6.45) is 1.61. The standard InChI is InChI=1S/CH9NS12/c1-13(2,4)14(5,6,7,8)12-11-10-9-3/h2-3,5-8H,1H3. The molecular weight excluding hydrogens is 411 g/mol. The number of nitrogens with one attached hydrogen (secondary N) is 1. The molecule has 0 aliphatic heterocycles. The highest BCUT2D eigenvalue weighted by Crippen LogP contribution is 3.15. The van der Waals surface area contributed by atoms with E-state index < -0.39 is 9.90 Å². The molecule has 0 aliphatic rings. The molecule has 90 valence electrons. The lowest BCUT2D eigenvalue weighted by Crippen LogP contribution is -2.11. The topological polar surface area (TPSA) is 23.9 Å². The van der Waals surface area contributed by atoms with Gasteiger partial charge in [0.25, 0.3) is 0 Å². The summed E-state index contributed by atoms with van der Waals surface area (Å²) in [5.74, 6) is 0. The second kappa shape index (κ2) is 5.10. The lowest BCUT2D eigenvalue weighted by molar-refractivity contribution is 1.65. The van der Waals surface area contributed by atoms with E-state index in [2.05, 4.69) is 58.3 Å². The van der Waals surface area contributed by atoms with Crippen LogP contribution in [0.2, 0.25) is 0 Å². The van der Waals surface area contributed by atoms with Gasteiger partial charge < -0.3 is 0 Å². The van der Waals surface area contributed by atoms with Gasteiger partial charge in [-0.25, -0.2) is 0 Å². The Morgan fingerprint density at radius 3 is 1.93 bits per heavy atom. The van der Waals surface area contributed by atoms with Crippen LogP contribution >= 0.6 is 100 Å². The highest BCUT2D eigenvalue weighted by Gasteiger charge is 2.53. The van der Waals surface area contributed by atoms with Gasteiger partial charge in [-0.3, -0.25) is 4.78 Å². The predicted octanol–water partition coefficient (Wildman–Crippen LogP) is 5.60. The van der Waals surface area contributed by atoms with Gasteiger partial charge in [0.2, 0.25) is 0 Å². The number of thiol groups is 5. The Morgan fingerprint density at radius 1 is 1.21 bits per heavy atom. The van der Waals surface area contributed by atoms with Crippen molar-refractivity contribution < 1.29 is 0 Å². The summed E-state index contributed by atoms with van der Waals surface area (Å²) in [7, 11) is 3.08. The highest BCUT2D eigenvalue weighted by molar-refractivity contribution is 10.1. The Balaban J connectivity index is 5.02. The van der Waals surface area contributed by atoms with Crippen molar-refractivity contribution in [3.8, 4) is 0 Å². The lowest BCUT2D eigenvalue weighted by Gasteiger charge is -2.63. The third-order valence-electron chi connectivity index (χ3n) is 0.934. The van der Waals surface area contributed by atoms with Crippen LogP contribution in [0.15, 0.2) is 0 Å². The van der Waals surface area contributed by atoms with Gasteiger partial charge in [0.05, 0.1) is 0 Å². The second-order valence-electron chi connectivity index (χ2n) is 2.21. The fraction of sp³-hybridized carbons (Fsp3) is 1.00. The maximum atomic E-state index is 7.94. The summed E-state index contributed by atoms with van der Waals surface area (Å²) in [6.45, 7) is 0. The van der Waals surface area contributed by atoms with Crippen LogP contribution in [0.1, 0.15) is 0 Å². The molecule has 0 rings (SSSR count). The van der Waals surface area contributed by atoms with Crippen LogP contribution in [-0.2, 0) is 18.6 Å². The summed E-state index contributed by atoms with van der Waals surface area (Å²) in [4.78, 5) is 0. The molecule has 1 unspecified atom stereocenters. The lowest BCUT2D eigenvalue weighted by atomic mass is 12.0. The quantitative estimate of drug-likeness (QED) is 0.198. The maximum absolute atomic E-state index is 7.94. The first kappa shape index (κ1) is 17.9. The van der Waals surface area contributed by atoms with Gasteiger partial charge in [0, 0.05) is 6.26 Å². The summed E-state index contributed by atoms with van der Waals surface area (Å²) >= 11 is 26.7. The molecule has 0 heterocycles. The molecule has 0 saturated heterocycles. The normalized spacial score (nSPS) is 22.1. The number of rotatable bonds is 5. The van der Waals surface area contributed by atoms with E-state index in [0.29, 0.717) is 0 Å². The molecule has 0 fully saturated rings. The van der Waals surface area contributed by atoms with Crippen LogP contribution < -0.4 is 0 Å². The third kappa shape index (κ3) is 4.86. The molecule has 1 atom stereocenters. The monoisotopic (exact) mass is 419 g/mol. The van der Waals surface area contributed by atoms with Crippen molar-refractivity contribution in [1.29, 1.82) is 4.78 Å². The Morgan fingerprint density at radius 2 is 1.64 bits per heavy atom. The van der Waals surface area contributed by atoms with Crippen molar-refractivity contribution in [2.24, 2.45) is 0 Å². The zero-order chi connectivity index (χ0) is 11.7. The molecule has 0 aromatic heterocycles. The Hall–Kier alpha value is 3.87. The molecule has 0 aromatic rings. The van der Waals surface area contributed by atoms with E-state index in [1.54, 1.807) is 6.26 Å². The van der Waals surface area contributed by atoms with E-state index in [9.17, 15) is 0 Å². The molecule has 0 aliphatic carbocycles. The predicted molar refractivity (Wildman–Crippen MR) is 106 cm³/mol. The van der Waals surface area contributed by atoms with Crippen LogP contribution in [0.3, 0.4) is 0 Å². The minimum atomic E-state index is -3.70. The minimum Gasteiger partial charge on any atom is -0.266 e. The molecule has 1 N–H and O–H groups in total. The molecule has 0 radical (unpaired) electrons. The smallest absolute Gasteiger partial charge is 0.00590 e. The van der Waals surface area contributed by atoms with E-state index >= 15 is 0 Å². The third-order valence-corrected chi connectivity index (χ3v) is 46.0. The Kier molecular flexibility index (Phi) is 6.51. The summed E-state index contributed by atoms with van der Waals surface area (Å²) < 4.78 is 4.24. The Labute approximate surface area is 127 Å². The zero-order valence-corrected chi connectivity index (χ0v) is 16.8. The van der Waals surface area contributed by atoms with Crippen molar-refractivity contribution in [2.75, 3.05) is 6.26 Å². The molecule has 0 aromatic carbocycles. The van der Waals surface area contributed by atoms with Gasteiger partial charge in [-0.1, -0.05) is 11.7 Å². The average Bonchev–Trinajstić information content (AvgIpc) is 1.81. The molecule has 0 amide bonds. The zero-order valence-electron chi connectivity index (χ0n) is 6.59. The summed E-state index contributed by atoms with van der Waals surface area (Å²) in [5.41, 5.74) is 0. The van der Waals surface area contributed by atoms with Gasteiger partial charge in [-0.05, 0) is 60.4 Å². The average molecular weight is 420 g/mol. The van der Waals surface area contributed by atoms with Gasteiger partial charge in [0.1, 0.15) is 0 Å². The second-order valence-corrected chi connectivity index (χ2v) is 45.6. The molecule has 14 heavy (non-hydrogen) atoms. The van der Waals surface area contributed by atoms with Crippen molar-refractivity contribution >= 4 is 119 Å². The molecule has 1 nitrogen and oxygen atoms in total.